The van der Waals surface area contributed by atoms with E-state index in [1.807, 2.05) is 0 Å². The lowest BCUT2D eigenvalue weighted by Gasteiger charge is -2.09. The molecule has 1 rings (SSSR count). The number of benzene rings is 1. The lowest BCUT2D eigenvalue weighted by Crippen LogP contribution is -2.16. The van der Waals surface area contributed by atoms with Crippen LogP contribution in [-0.2, 0) is 9.59 Å². The number of hydrogen-bond donors (Lipinski definition) is 2. The molecule has 0 aliphatic rings. The van der Waals surface area contributed by atoms with Gasteiger partial charge in [0.25, 0.3) is 5.91 Å². The fourth-order valence-electron chi connectivity index (χ4n) is 1.29. The van der Waals surface area contributed by atoms with E-state index in [2.05, 4.69) is 5.32 Å². The van der Waals surface area contributed by atoms with Gasteiger partial charge in [-0.2, -0.15) is 0 Å². The molecular weight excluding hydrogens is 270 g/mol. The van der Waals surface area contributed by atoms with Crippen molar-refractivity contribution in [3.05, 3.63) is 34.4 Å². The van der Waals surface area contributed by atoms with Gasteiger partial charge in [0.1, 0.15) is 5.75 Å². The van der Waals surface area contributed by atoms with E-state index >= 15 is 0 Å². The molecule has 0 bridgehead atoms. The van der Waals surface area contributed by atoms with Crippen LogP contribution in [0.5, 0.6) is 5.75 Å². The van der Waals surface area contributed by atoms with Crippen LogP contribution in [-0.4, -0.2) is 24.1 Å². The lowest BCUT2D eigenvalue weighted by atomic mass is 10.1. The van der Waals surface area contributed by atoms with Crippen molar-refractivity contribution in [3.63, 3.8) is 0 Å². The molecule has 6 heteroatoms. The maximum atomic E-state index is 11.8. The van der Waals surface area contributed by atoms with Crippen molar-refractivity contribution < 1.29 is 19.4 Å². The van der Waals surface area contributed by atoms with Gasteiger partial charge in [-0.15, -0.1) is 0 Å². The highest BCUT2D eigenvalue weighted by molar-refractivity contribution is 6.32. The van der Waals surface area contributed by atoms with Crippen molar-refractivity contribution >= 4 is 29.2 Å². The SMILES string of the molecule is COc1cc(NC(=O)/C(C)=C(/C)C(=O)O)ccc1Cl. The number of carboxylic acid groups (broad SMARTS) is 1. The molecule has 0 atom stereocenters. The summed E-state index contributed by atoms with van der Waals surface area (Å²) in [6, 6.07) is 4.74. The zero-order valence-corrected chi connectivity index (χ0v) is 11.5. The third-order valence-corrected chi connectivity index (χ3v) is 2.95. The second-order valence-corrected chi connectivity index (χ2v) is 4.27. The maximum absolute atomic E-state index is 11.8. The monoisotopic (exact) mass is 283 g/mol. The maximum Gasteiger partial charge on any atom is 0.331 e. The number of carboxylic acids is 1. The van der Waals surface area contributed by atoms with Crippen LogP contribution in [0.4, 0.5) is 5.69 Å². The zero-order chi connectivity index (χ0) is 14.6. The number of methoxy groups -OCH3 is 1. The number of carbonyl (C=O) groups is 2. The second kappa shape index (κ2) is 6.24. The molecule has 0 fully saturated rings. The number of nitrogens with one attached hydrogen (secondary N) is 1. The highest BCUT2D eigenvalue weighted by Gasteiger charge is 2.13. The third-order valence-electron chi connectivity index (χ3n) is 2.63. The van der Waals surface area contributed by atoms with E-state index in [-0.39, 0.29) is 11.1 Å². The quantitative estimate of drug-likeness (QED) is 0.833. The minimum Gasteiger partial charge on any atom is -0.495 e. The zero-order valence-electron chi connectivity index (χ0n) is 10.8. The van der Waals surface area contributed by atoms with Crippen LogP contribution < -0.4 is 10.1 Å². The molecule has 0 aliphatic heterocycles. The average molecular weight is 284 g/mol. The van der Waals surface area contributed by atoms with Crippen molar-refractivity contribution in [3.8, 4) is 5.75 Å². The van der Waals surface area contributed by atoms with E-state index in [1.165, 1.54) is 21.0 Å². The number of rotatable bonds is 4. The Labute approximate surface area is 115 Å². The second-order valence-electron chi connectivity index (χ2n) is 3.86. The molecule has 1 aromatic carbocycles. The predicted molar refractivity (Wildman–Crippen MR) is 72.6 cm³/mol. The molecule has 5 nitrogen and oxygen atoms in total. The highest BCUT2D eigenvalue weighted by Crippen LogP contribution is 2.27. The molecule has 0 spiro atoms. The third kappa shape index (κ3) is 3.72. The molecule has 0 heterocycles. The highest BCUT2D eigenvalue weighted by atomic mass is 35.5. The summed E-state index contributed by atoms with van der Waals surface area (Å²) in [4.78, 5) is 22.6. The Morgan fingerprint density at radius 2 is 1.89 bits per heavy atom. The van der Waals surface area contributed by atoms with Gasteiger partial charge < -0.3 is 15.2 Å². The number of amides is 1. The first-order chi connectivity index (χ1) is 8.86. The molecule has 0 unspecified atom stereocenters. The van der Waals surface area contributed by atoms with Crippen LogP contribution in [0.25, 0.3) is 0 Å². The number of ether oxygens (including phenoxy) is 1. The summed E-state index contributed by atoms with van der Waals surface area (Å²) in [5.41, 5.74) is 0.614. The fourth-order valence-corrected chi connectivity index (χ4v) is 1.49. The summed E-state index contributed by atoms with van der Waals surface area (Å²) in [6.45, 7) is 2.83. The molecule has 0 aliphatic carbocycles. The van der Waals surface area contributed by atoms with Gasteiger partial charge in [-0.1, -0.05) is 11.6 Å². The smallest absolute Gasteiger partial charge is 0.331 e. The Bertz CT molecular complexity index is 552. The molecule has 2 N–H and O–H groups in total. The van der Waals surface area contributed by atoms with Gasteiger partial charge in [0.05, 0.1) is 12.1 Å². The molecule has 0 saturated heterocycles. The summed E-state index contributed by atoms with van der Waals surface area (Å²) in [5.74, 6) is -1.18. The Morgan fingerprint density at radius 3 is 2.42 bits per heavy atom. The van der Waals surface area contributed by atoms with Crippen molar-refractivity contribution in [2.75, 3.05) is 12.4 Å². The summed E-state index contributed by atoms with van der Waals surface area (Å²) in [5, 5.41) is 11.8. The standard InChI is InChI=1S/C13H14ClNO4/c1-7(8(2)13(17)18)12(16)15-9-4-5-10(14)11(6-9)19-3/h4-6H,1-3H3,(H,15,16)(H,17,18)/b8-7-. The summed E-state index contributed by atoms with van der Waals surface area (Å²) >= 11 is 5.86. The molecule has 1 amide bonds. The first kappa shape index (κ1) is 15.0. The van der Waals surface area contributed by atoms with E-state index < -0.39 is 11.9 Å². The van der Waals surface area contributed by atoms with Gasteiger partial charge in [-0.05, 0) is 26.0 Å². The first-order valence-corrected chi connectivity index (χ1v) is 5.80. The topological polar surface area (TPSA) is 75.6 Å². The van der Waals surface area contributed by atoms with E-state index in [0.717, 1.165) is 0 Å². The Kier molecular flexibility index (Phi) is 4.94. The van der Waals surface area contributed by atoms with Gasteiger partial charge in [-0.3, -0.25) is 4.79 Å². The van der Waals surface area contributed by atoms with Gasteiger partial charge in [0.2, 0.25) is 0 Å². The van der Waals surface area contributed by atoms with Gasteiger partial charge in [0.15, 0.2) is 0 Å². The van der Waals surface area contributed by atoms with Gasteiger partial charge in [-0.25, -0.2) is 4.79 Å². The number of aliphatic carboxylic acids is 1. The molecule has 102 valence electrons. The van der Waals surface area contributed by atoms with E-state index in [1.54, 1.807) is 18.2 Å². The molecule has 0 saturated carbocycles. The van der Waals surface area contributed by atoms with Crippen LogP contribution in [0.2, 0.25) is 5.02 Å². The Hall–Kier alpha value is -2.01. The summed E-state index contributed by atoms with van der Waals surface area (Å²) in [7, 11) is 1.46. The van der Waals surface area contributed by atoms with E-state index in [0.29, 0.717) is 16.5 Å². The average Bonchev–Trinajstić information content (AvgIpc) is 2.38. The normalized spacial score (nSPS) is 11.6. The number of halogens is 1. The van der Waals surface area contributed by atoms with Crippen molar-refractivity contribution in [1.82, 2.24) is 0 Å². The largest absolute Gasteiger partial charge is 0.495 e. The number of anilines is 1. The number of hydrogen-bond acceptors (Lipinski definition) is 3. The Balaban J connectivity index is 2.95. The Morgan fingerprint density at radius 1 is 1.26 bits per heavy atom. The molecular formula is C13H14ClNO4. The fraction of sp³-hybridized carbons (Fsp3) is 0.231. The van der Waals surface area contributed by atoms with Crippen molar-refractivity contribution in [2.24, 2.45) is 0 Å². The molecule has 19 heavy (non-hydrogen) atoms. The predicted octanol–water partition coefficient (Wildman–Crippen LogP) is 2.71. The lowest BCUT2D eigenvalue weighted by molar-refractivity contribution is -0.133. The van der Waals surface area contributed by atoms with Crippen LogP contribution in [0.1, 0.15) is 13.8 Å². The number of carbonyl (C=O) groups excluding carboxylic acids is 1. The molecule has 1 aromatic rings. The minimum atomic E-state index is -1.12. The van der Waals surface area contributed by atoms with E-state index in [9.17, 15) is 9.59 Å². The minimum absolute atomic E-state index is 0.00146. The first-order valence-electron chi connectivity index (χ1n) is 5.42. The molecule has 0 radical (unpaired) electrons. The van der Waals surface area contributed by atoms with Crippen LogP contribution in [0.3, 0.4) is 0 Å². The van der Waals surface area contributed by atoms with Crippen LogP contribution in [0.15, 0.2) is 29.3 Å². The summed E-state index contributed by atoms with van der Waals surface area (Å²) < 4.78 is 5.02. The summed E-state index contributed by atoms with van der Waals surface area (Å²) in [6.07, 6.45) is 0. The van der Waals surface area contributed by atoms with Gasteiger partial charge in [0, 0.05) is 22.9 Å². The van der Waals surface area contributed by atoms with Crippen molar-refractivity contribution in [1.29, 1.82) is 0 Å². The van der Waals surface area contributed by atoms with Gasteiger partial charge >= 0.3 is 5.97 Å². The van der Waals surface area contributed by atoms with E-state index in [4.69, 9.17) is 21.4 Å². The van der Waals surface area contributed by atoms with Crippen LogP contribution >= 0.6 is 11.6 Å². The van der Waals surface area contributed by atoms with Crippen LogP contribution in [0, 0.1) is 0 Å². The van der Waals surface area contributed by atoms with Crippen molar-refractivity contribution in [2.45, 2.75) is 13.8 Å². The molecule has 0 aromatic heterocycles.